The standard InChI is InChI=1S/C15H24N2O/c1-17-11-6-5-7-14(17)13-16-10-12-18-15-8-3-2-4-9-15/h2-4,8-9,14,16H,5-7,10-13H2,1H3. The van der Waals surface area contributed by atoms with Crippen LogP contribution >= 0.6 is 0 Å². The largest absolute Gasteiger partial charge is 0.492 e. The van der Waals surface area contributed by atoms with Crippen molar-refractivity contribution >= 4 is 0 Å². The first-order chi connectivity index (χ1) is 8.86. The Labute approximate surface area is 110 Å². The van der Waals surface area contributed by atoms with Crippen molar-refractivity contribution < 1.29 is 4.74 Å². The molecule has 1 heterocycles. The lowest BCUT2D eigenvalue weighted by atomic mass is 10.0. The minimum Gasteiger partial charge on any atom is -0.492 e. The predicted molar refractivity (Wildman–Crippen MR) is 75.1 cm³/mol. The highest BCUT2D eigenvalue weighted by Gasteiger charge is 2.17. The van der Waals surface area contributed by atoms with Crippen LogP contribution in [-0.4, -0.2) is 44.2 Å². The lowest BCUT2D eigenvalue weighted by Gasteiger charge is -2.32. The zero-order chi connectivity index (χ0) is 12.6. The van der Waals surface area contributed by atoms with Crippen LogP contribution in [0.2, 0.25) is 0 Å². The summed E-state index contributed by atoms with van der Waals surface area (Å²) in [6, 6.07) is 10.7. The third-order valence-corrected chi connectivity index (χ3v) is 3.59. The highest BCUT2D eigenvalue weighted by Crippen LogP contribution is 2.13. The van der Waals surface area contributed by atoms with Gasteiger partial charge in [-0.15, -0.1) is 0 Å². The first kappa shape index (κ1) is 13.4. The maximum atomic E-state index is 5.65. The zero-order valence-corrected chi connectivity index (χ0v) is 11.3. The second-order valence-electron chi connectivity index (χ2n) is 5.00. The van der Waals surface area contributed by atoms with Crippen molar-refractivity contribution in [3.05, 3.63) is 30.3 Å². The lowest BCUT2D eigenvalue weighted by Crippen LogP contribution is -2.43. The van der Waals surface area contributed by atoms with Crippen LogP contribution in [0.1, 0.15) is 19.3 Å². The monoisotopic (exact) mass is 248 g/mol. The summed E-state index contributed by atoms with van der Waals surface area (Å²) in [5.74, 6) is 0.953. The number of likely N-dealkylation sites (tertiary alicyclic amines) is 1. The molecule has 0 radical (unpaired) electrons. The molecule has 0 bridgehead atoms. The average Bonchev–Trinajstić information content (AvgIpc) is 2.42. The Bertz CT molecular complexity index is 329. The minimum atomic E-state index is 0.704. The van der Waals surface area contributed by atoms with Gasteiger partial charge < -0.3 is 15.0 Å². The summed E-state index contributed by atoms with van der Waals surface area (Å²) in [5, 5.41) is 3.49. The Balaban J connectivity index is 1.56. The molecule has 1 N–H and O–H groups in total. The van der Waals surface area contributed by atoms with Crippen molar-refractivity contribution in [3.8, 4) is 5.75 Å². The molecule has 1 aliphatic rings. The number of likely N-dealkylation sites (N-methyl/N-ethyl adjacent to an activating group) is 1. The van der Waals surface area contributed by atoms with Gasteiger partial charge in [0.1, 0.15) is 12.4 Å². The van der Waals surface area contributed by atoms with Crippen LogP contribution in [-0.2, 0) is 0 Å². The van der Waals surface area contributed by atoms with Gasteiger partial charge in [-0.2, -0.15) is 0 Å². The molecule has 0 amide bonds. The SMILES string of the molecule is CN1CCCCC1CNCCOc1ccccc1. The molecular weight excluding hydrogens is 224 g/mol. The molecule has 1 aromatic rings. The number of hydrogen-bond acceptors (Lipinski definition) is 3. The van der Waals surface area contributed by atoms with Gasteiger partial charge in [-0.1, -0.05) is 24.6 Å². The summed E-state index contributed by atoms with van der Waals surface area (Å²) in [7, 11) is 2.23. The van der Waals surface area contributed by atoms with E-state index in [2.05, 4.69) is 17.3 Å². The number of ether oxygens (including phenoxy) is 1. The molecule has 1 atom stereocenters. The molecule has 1 saturated heterocycles. The normalized spacial score (nSPS) is 20.8. The Hall–Kier alpha value is -1.06. The summed E-state index contributed by atoms with van der Waals surface area (Å²) >= 11 is 0. The van der Waals surface area contributed by atoms with E-state index in [9.17, 15) is 0 Å². The third kappa shape index (κ3) is 4.31. The summed E-state index contributed by atoms with van der Waals surface area (Å²) in [5.41, 5.74) is 0. The molecule has 0 aliphatic carbocycles. The van der Waals surface area contributed by atoms with E-state index in [-0.39, 0.29) is 0 Å². The summed E-state index contributed by atoms with van der Waals surface area (Å²) in [4.78, 5) is 2.47. The van der Waals surface area contributed by atoms with Gasteiger partial charge in [-0.05, 0) is 38.6 Å². The van der Waals surface area contributed by atoms with Crippen molar-refractivity contribution in [2.24, 2.45) is 0 Å². The number of para-hydroxylation sites is 1. The van der Waals surface area contributed by atoms with Crippen molar-refractivity contribution in [1.29, 1.82) is 0 Å². The minimum absolute atomic E-state index is 0.704. The van der Waals surface area contributed by atoms with Gasteiger partial charge in [0.05, 0.1) is 0 Å². The highest BCUT2D eigenvalue weighted by molar-refractivity contribution is 5.20. The zero-order valence-electron chi connectivity index (χ0n) is 11.3. The third-order valence-electron chi connectivity index (χ3n) is 3.59. The number of nitrogens with one attached hydrogen (secondary N) is 1. The fourth-order valence-electron chi connectivity index (χ4n) is 2.43. The molecule has 3 nitrogen and oxygen atoms in total. The molecule has 0 saturated carbocycles. The van der Waals surface area contributed by atoms with E-state index in [1.54, 1.807) is 0 Å². The Morgan fingerprint density at radius 1 is 1.28 bits per heavy atom. The van der Waals surface area contributed by atoms with Crippen LogP contribution < -0.4 is 10.1 Å². The molecule has 1 unspecified atom stereocenters. The molecule has 18 heavy (non-hydrogen) atoms. The van der Waals surface area contributed by atoms with Gasteiger partial charge in [-0.3, -0.25) is 0 Å². The number of benzene rings is 1. The Morgan fingerprint density at radius 2 is 2.11 bits per heavy atom. The van der Waals surface area contributed by atoms with Gasteiger partial charge in [0.15, 0.2) is 0 Å². The van der Waals surface area contributed by atoms with Gasteiger partial charge in [0, 0.05) is 19.1 Å². The van der Waals surface area contributed by atoms with E-state index in [1.807, 2.05) is 30.3 Å². The fraction of sp³-hybridized carbons (Fsp3) is 0.600. The van der Waals surface area contributed by atoms with Gasteiger partial charge in [-0.25, -0.2) is 0 Å². The molecule has 100 valence electrons. The second kappa shape index (κ2) is 7.39. The van der Waals surface area contributed by atoms with Crippen molar-refractivity contribution in [1.82, 2.24) is 10.2 Å². The maximum absolute atomic E-state index is 5.65. The fourth-order valence-corrected chi connectivity index (χ4v) is 2.43. The lowest BCUT2D eigenvalue weighted by molar-refractivity contribution is 0.179. The van der Waals surface area contributed by atoms with Crippen LogP contribution in [0.4, 0.5) is 0 Å². The maximum Gasteiger partial charge on any atom is 0.119 e. The first-order valence-corrected chi connectivity index (χ1v) is 6.95. The predicted octanol–water partition coefficient (Wildman–Crippen LogP) is 2.14. The molecular formula is C15H24N2O. The topological polar surface area (TPSA) is 24.5 Å². The van der Waals surface area contributed by atoms with Crippen LogP contribution in [0, 0.1) is 0 Å². The summed E-state index contributed by atoms with van der Waals surface area (Å²) in [6.45, 7) is 3.97. The number of piperidine rings is 1. The molecule has 3 heteroatoms. The molecule has 0 aromatic heterocycles. The van der Waals surface area contributed by atoms with Crippen LogP contribution in [0.3, 0.4) is 0 Å². The Morgan fingerprint density at radius 3 is 2.89 bits per heavy atom. The van der Waals surface area contributed by atoms with Crippen LogP contribution in [0.5, 0.6) is 5.75 Å². The summed E-state index contributed by atoms with van der Waals surface area (Å²) < 4.78 is 5.65. The molecule has 0 spiro atoms. The Kier molecular flexibility index (Phi) is 5.49. The smallest absolute Gasteiger partial charge is 0.119 e. The van der Waals surface area contributed by atoms with E-state index < -0.39 is 0 Å². The highest BCUT2D eigenvalue weighted by atomic mass is 16.5. The number of nitrogens with zero attached hydrogens (tertiary/aromatic N) is 1. The van der Waals surface area contributed by atoms with Crippen molar-refractivity contribution in [2.45, 2.75) is 25.3 Å². The quantitative estimate of drug-likeness (QED) is 0.781. The number of rotatable bonds is 6. The van der Waals surface area contributed by atoms with Gasteiger partial charge in [0.2, 0.25) is 0 Å². The van der Waals surface area contributed by atoms with Gasteiger partial charge in [0.25, 0.3) is 0 Å². The first-order valence-electron chi connectivity index (χ1n) is 6.95. The summed E-state index contributed by atoms with van der Waals surface area (Å²) in [6.07, 6.45) is 4.05. The van der Waals surface area contributed by atoms with Crippen LogP contribution in [0.25, 0.3) is 0 Å². The molecule has 2 rings (SSSR count). The van der Waals surface area contributed by atoms with Crippen LogP contribution in [0.15, 0.2) is 30.3 Å². The average molecular weight is 248 g/mol. The molecule has 1 aliphatic heterocycles. The second-order valence-corrected chi connectivity index (χ2v) is 5.00. The van der Waals surface area contributed by atoms with Crippen molar-refractivity contribution in [2.75, 3.05) is 33.3 Å². The van der Waals surface area contributed by atoms with E-state index in [0.29, 0.717) is 6.04 Å². The van der Waals surface area contributed by atoms with E-state index >= 15 is 0 Å². The van der Waals surface area contributed by atoms with Crippen molar-refractivity contribution in [3.63, 3.8) is 0 Å². The van der Waals surface area contributed by atoms with E-state index in [0.717, 1.165) is 25.4 Å². The number of hydrogen-bond donors (Lipinski definition) is 1. The molecule has 1 fully saturated rings. The molecule has 1 aromatic carbocycles. The van der Waals surface area contributed by atoms with E-state index in [4.69, 9.17) is 4.74 Å². The van der Waals surface area contributed by atoms with Gasteiger partial charge >= 0.3 is 0 Å². The van der Waals surface area contributed by atoms with E-state index in [1.165, 1.54) is 25.8 Å².